The fraction of sp³-hybridized carbons (Fsp3) is 0.273. The Morgan fingerprint density at radius 2 is 1.50 bits per heavy atom. The van der Waals surface area contributed by atoms with Gasteiger partial charge in [-0.1, -0.05) is 66.7 Å². The van der Waals surface area contributed by atoms with Crippen LogP contribution in [0.2, 0.25) is 0 Å². The molecule has 4 rings (SSSR count). The van der Waals surface area contributed by atoms with Gasteiger partial charge < -0.3 is 4.74 Å². The van der Waals surface area contributed by atoms with Crippen molar-refractivity contribution in [2.24, 2.45) is 0 Å². The van der Waals surface area contributed by atoms with E-state index in [1.165, 1.54) is 42.3 Å². The van der Waals surface area contributed by atoms with Gasteiger partial charge >= 0.3 is 0 Å². The summed E-state index contributed by atoms with van der Waals surface area (Å²) in [4.78, 5) is 2.52. The zero-order valence-corrected chi connectivity index (χ0v) is 13.9. The first kappa shape index (κ1) is 15.2. The molecule has 1 saturated heterocycles. The van der Waals surface area contributed by atoms with E-state index in [2.05, 4.69) is 77.7 Å². The quantitative estimate of drug-likeness (QED) is 0.652. The van der Waals surface area contributed by atoms with Crippen LogP contribution in [0.5, 0.6) is 5.75 Å². The van der Waals surface area contributed by atoms with Crippen LogP contribution >= 0.6 is 0 Å². The summed E-state index contributed by atoms with van der Waals surface area (Å²) in [6.45, 7) is 3.32. The second-order valence-electron chi connectivity index (χ2n) is 6.50. The zero-order valence-electron chi connectivity index (χ0n) is 13.9. The van der Waals surface area contributed by atoms with Crippen molar-refractivity contribution in [1.29, 1.82) is 0 Å². The lowest BCUT2D eigenvalue weighted by molar-refractivity contribution is 0.150. The first-order valence-corrected chi connectivity index (χ1v) is 8.82. The molecule has 1 heterocycles. The first-order valence-electron chi connectivity index (χ1n) is 8.82. The van der Waals surface area contributed by atoms with Crippen molar-refractivity contribution in [2.75, 3.05) is 19.6 Å². The number of benzene rings is 3. The molecule has 1 aliphatic heterocycles. The van der Waals surface area contributed by atoms with Gasteiger partial charge in [0, 0.05) is 11.9 Å². The van der Waals surface area contributed by atoms with Gasteiger partial charge in [0.15, 0.2) is 0 Å². The number of hydrogen-bond acceptors (Lipinski definition) is 2. The number of likely N-dealkylation sites (tertiary alicyclic amines) is 1. The van der Waals surface area contributed by atoms with E-state index >= 15 is 0 Å². The van der Waals surface area contributed by atoms with E-state index in [1.54, 1.807) is 0 Å². The molecule has 0 aliphatic carbocycles. The van der Waals surface area contributed by atoms with Crippen LogP contribution < -0.4 is 4.74 Å². The molecule has 0 aromatic heterocycles. The lowest BCUT2D eigenvalue weighted by Crippen LogP contribution is -2.28. The van der Waals surface area contributed by atoms with Crippen LogP contribution in [0, 0.1) is 0 Å². The van der Waals surface area contributed by atoms with E-state index < -0.39 is 0 Å². The minimum Gasteiger partial charge on any atom is -0.484 e. The van der Waals surface area contributed by atoms with Crippen molar-refractivity contribution in [1.82, 2.24) is 4.90 Å². The molecule has 0 spiro atoms. The molecule has 0 bridgehead atoms. The van der Waals surface area contributed by atoms with Gasteiger partial charge in [-0.2, -0.15) is 0 Å². The predicted octanol–water partition coefficient (Wildman–Crippen LogP) is 5.06. The Morgan fingerprint density at radius 1 is 0.792 bits per heavy atom. The summed E-state index contributed by atoms with van der Waals surface area (Å²) in [5, 5.41) is 2.41. The second kappa shape index (κ2) is 7.06. The monoisotopic (exact) mass is 317 g/mol. The molecule has 1 atom stereocenters. The number of ether oxygens (including phenoxy) is 1. The fourth-order valence-corrected chi connectivity index (χ4v) is 3.53. The van der Waals surface area contributed by atoms with Crippen molar-refractivity contribution < 1.29 is 4.74 Å². The van der Waals surface area contributed by atoms with Gasteiger partial charge in [0.05, 0.1) is 0 Å². The highest BCUT2D eigenvalue weighted by atomic mass is 16.5. The maximum Gasteiger partial charge on any atom is 0.136 e. The van der Waals surface area contributed by atoms with Gasteiger partial charge in [0.25, 0.3) is 0 Å². The van der Waals surface area contributed by atoms with Gasteiger partial charge in [-0.25, -0.2) is 0 Å². The Bertz CT molecular complexity index is 788. The van der Waals surface area contributed by atoms with Crippen LogP contribution in [-0.4, -0.2) is 24.5 Å². The van der Waals surface area contributed by atoms with Gasteiger partial charge in [-0.3, -0.25) is 4.90 Å². The predicted molar refractivity (Wildman–Crippen MR) is 99.4 cm³/mol. The molecule has 2 heteroatoms. The summed E-state index contributed by atoms with van der Waals surface area (Å²) in [5.41, 5.74) is 1.25. The standard InChI is InChI=1S/C22H23NO/c1-2-10-19(11-3-1)22(17-23-15-6-7-16-23)24-21-14-8-12-18-9-4-5-13-20(18)21/h1-5,8-14,22H,6-7,15-17H2/t22-/m0/s1. The molecule has 0 amide bonds. The number of nitrogens with zero attached hydrogens (tertiary/aromatic N) is 1. The fourth-order valence-electron chi connectivity index (χ4n) is 3.53. The van der Waals surface area contributed by atoms with E-state index in [1.807, 2.05) is 0 Å². The third-order valence-electron chi connectivity index (χ3n) is 4.81. The van der Waals surface area contributed by atoms with E-state index in [9.17, 15) is 0 Å². The highest BCUT2D eigenvalue weighted by Gasteiger charge is 2.21. The average molecular weight is 317 g/mol. The Labute approximate surface area is 143 Å². The van der Waals surface area contributed by atoms with E-state index in [4.69, 9.17) is 4.74 Å². The topological polar surface area (TPSA) is 12.5 Å². The summed E-state index contributed by atoms with van der Waals surface area (Å²) in [6, 6.07) is 25.3. The summed E-state index contributed by atoms with van der Waals surface area (Å²) in [5.74, 6) is 0.973. The van der Waals surface area contributed by atoms with Crippen LogP contribution in [0.1, 0.15) is 24.5 Å². The second-order valence-corrected chi connectivity index (χ2v) is 6.50. The van der Waals surface area contributed by atoms with Gasteiger partial charge in [0.2, 0.25) is 0 Å². The van der Waals surface area contributed by atoms with E-state index in [0.29, 0.717) is 0 Å². The Balaban J connectivity index is 1.65. The van der Waals surface area contributed by atoms with Crippen LogP contribution in [0.3, 0.4) is 0 Å². The molecule has 0 radical (unpaired) electrons. The maximum atomic E-state index is 6.53. The highest BCUT2D eigenvalue weighted by molar-refractivity contribution is 5.88. The van der Waals surface area contributed by atoms with Crippen LogP contribution in [0.4, 0.5) is 0 Å². The average Bonchev–Trinajstić information content (AvgIpc) is 3.15. The number of fused-ring (bicyclic) bond motifs is 1. The first-order chi connectivity index (χ1) is 11.9. The highest BCUT2D eigenvalue weighted by Crippen LogP contribution is 2.30. The van der Waals surface area contributed by atoms with Crippen molar-refractivity contribution >= 4 is 10.8 Å². The molecule has 0 unspecified atom stereocenters. The van der Waals surface area contributed by atoms with E-state index in [0.717, 1.165) is 12.3 Å². The van der Waals surface area contributed by atoms with Crippen LogP contribution in [0.15, 0.2) is 72.8 Å². The van der Waals surface area contributed by atoms with Crippen LogP contribution in [-0.2, 0) is 0 Å². The van der Waals surface area contributed by atoms with Crippen molar-refractivity contribution in [3.05, 3.63) is 78.4 Å². The summed E-state index contributed by atoms with van der Waals surface area (Å²) in [7, 11) is 0. The SMILES string of the molecule is c1ccc([C@H](CN2CCCC2)Oc2cccc3ccccc23)cc1. The third kappa shape index (κ3) is 3.29. The lowest BCUT2D eigenvalue weighted by atomic mass is 10.1. The van der Waals surface area contributed by atoms with Crippen molar-refractivity contribution in [2.45, 2.75) is 18.9 Å². The molecule has 1 aliphatic rings. The van der Waals surface area contributed by atoms with Gasteiger partial charge in [0.1, 0.15) is 11.9 Å². The molecule has 0 N–H and O–H groups in total. The summed E-state index contributed by atoms with van der Waals surface area (Å²) < 4.78 is 6.53. The normalized spacial score (nSPS) is 16.3. The van der Waals surface area contributed by atoms with Gasteiger partial charge in [-0.15, -0.1) is 0 Å². The molecule has 3 aromatic rings. The van der Waals surface area contributed by atoms with Crippen molar-refractivity contribution in [3.63, 3.8) is 0 Å². The lowest BCUT2D eigenvalue weighted by Gasteiger charge is -2.25. The van der Waals surface area contributed by atoms with Gasteiger partial charge in [-0.05, 0) is 42.9 Å². The zero-order chi connectivity index (χ0) is 16.2. The minimum atomic E-state index is 0.0649. The van der Waals surface area contributed by atoms with E-state index in [-0.39, 0.29) is 6.10 Å². The minimum absolute atomic E-state index is 0.0649. The Morgan fingerprint density at radius 3 is 2.33 bits per heavy atom. The Hall–Kier alpha value is -2.32. The molecular formula is C22H23NO. The maximum absolute atomic E-state index is 6.53. The third-order valence-corrected chi connectivity index (χ3v) is 4.81. The molecule has 1 fully saturated rings. The number of rotatable bonds is 5. The van der Waals surface area contributed by atoms with Crippen molar-refractivity contribution in [3.8, 4) is 5.75 Å². The summed E-state index contributed by atoms with van der Waals surface area (Å²) >= 11 is 0. The molecule has 24 heavy (non-hydrogen) atoms. The summed E-state index contributed by atoms with van der Waals surface area (Å²) in [6.07, 6.45) is 2.67. The molecule has 3 aromatic carbocycles. The smallest absolute Gasteiger partial charge is 0.136 e. The van der Waals surface area contributed by atoms with Crippen LogP contribution in [0.25, 0.3) is 10.8 Å². The Kier molecular flexibility index (Phi) is 4.48. The number of hydrogen-bond donors (Lipinski definition) is 0. The molecular weight excluding hydrogens is 294 g/mol. The molecule has 0 saturated carbocycles. The molecule has 2 nitrogen and oxygen atoms in total. The molecule has 122 valence electrons. The largest absolute Gasteiger partial charge is 0.484 e.